The lowest BCUT2D eigenvalue weighted by atomic mass is 10.0. The van der Waals surface area contributed by atoms with Crippen molar-refractivity contribution >= 4 is 5.91 Å². The van der Waals surface area contributed by atoms with Gasteiger partial charge >= 0.3 is 0 Å². The molecule has 2 aromatic heterocycles. The largest absolute Gasteiger partial charge is 0.346 e. The van der Waals surface area contributed by atoms with Crippen LogP contribution >= 0.6 is 0 Å². The van der Waals surface area contributed by atoms with Gasteiger partial charge in [0.25, 0.3) is 5.91 Å². The Morgan fingerprint density at radius 3 is 3.04 bits per heavy atom. The molecule has 136 valence electrons. The minimum Gasteiger partial charge on any atom is -0.346 e. The van der Waals surface area contributed by atoms with Gasteiger partial charge in [-0.3, -0.25) is 14.2 Å². The van der Waals surface area contributed by atoms with E-state index >= 15 is 0 Å². The van der Waals surface area contributed by atoms with Gasteiger partial charge in [0.1, 0.15) is 0 Å². The molecule has 3 heterocycles. The zero-order valence-corrected chi connectivity index (χ0v) is 15.0. The van der Waals surface area contributed by atoms with Crippen molar-refractivity contribution in [2.45, 2.75) is 65.2 Å². The van der Waals surface area contributed by atoms with E-state index in [2.05, 4.69) is 26.0 Å². The summed E-state index contributed by atoms with van der Waals surface area (Å²) in [5.74, 6) is -0.203. The molecule has 0 aliphatic carbocycles. The number of hydrogen-bond acceptors (Lipinski definition) is 5. The summed E-state index contributed by atoms with van der Waals surface area (Å²) in [5, 5.41) is 18.8. The fraction of sp³-hybridized carbons (Fsp3) is 0.647. The van der Waals surface area contributed by atoms with Crippen molar-refractivity contribution in [3.05, 3.63) is 29.3 Å². The fourth-order valence-corrected chi connectivity index (χ4v) is 3.21. The Morgan fingerprint density at radius 2 is 2.32 bits per heavy atom. The van der Waals surface area contributed by atoms with Gasteiger partial charge in [-0.25, -0.2) is 0 Å². The maximum absolute atomic E-state index is 12.3. The van der Waals surface area contributed by atoms with Crippen LogP contribution in [0.25, 0.3) is 0 Å². The first-order valence-corrected chi connectivity index (χ1v) is 9.10. The molecule has 2 aromatic rings. The summed E-state index contributed by atoms with van der Waals surface area (Å²) in [4.78, 5) is 12.3. The minimum absolute atomic E-state index is 0.203. The third-order valence-corrected chi connectivity index (χ3v) is 4.83. The van der Waals surface area contributed by atoms with Gasteiger partial charge in [-0.05, 0) is 39.7 Å². The van der Waals surface area contributed by atoms with Crippen LogP contribution in [0.15, 0.2) is 12.4 Å². The summed E-state index contributed by atoms with van der Waals surface area (Å²) in [5.41, 5.74) is 2.45. The Balaban J connectivity index is 1.49. The molecule has 2 N–H and O–H groups in total. The molecular weight excluding hydrogens is 318 g/mol. The van der Waals surface area contributed by atoms with Crippen LogP contribution in [0.1, 0.15) is 54.4 Å². The molecule has 0 radical (unpaired) electrons. The number of aryl methyl sites for hydroxylation is 2. The molecule has 1 fully saturated rings. The van der Waals surface area contributed by atoms with Gasteiger partial charge in [-0.1, -0.05) is 11.6 Å². The summed E-state index contributed by atoms with van der Waals surface area (Å²) < 4.78 is 3.67. The highest BCUT2D eigenvalue weighted by Crippen LogP contribution is 2.11. The van der Waals surface area contributed by atoms with Crippen molar-refractivity contribution < 1.29 is 4.79 Å². The molecule has 0 unspecified atom stereocenters. The summed E-state index contributed by atoms with van der Waals surface area (Å²) in [6.07, 6.45) is 8.30. The topological polar surface area (TPSA) is 89.7 Å². The second-order valence-electron chi connectivity index (χ2n) is 6.56. The third kappa shape index (κ3) is 4.45. The number of nitrogens with one attached hydrogen (secondary N) is 2. The predicted molar refractivity (Wildman–Crippen MR) is 94.1 cm³/mol. The average molecular weight is 345 g/mol. The molecule has 0 saturated carbocycles. The summed E-state index contributed by atoms with van der Waals surface area (Å²) in [7, 11) is 0. The Bertz CT molecular complexity index is 700. The molecule has 8 nitrogen and oxygen atoms in total. The molecule has 0 spiro atoms. The van der Waals surface area contributed by atoms with Crippen LogP contribution in [0.2, 0.25) is 0 Å². The van der Waals surface area contributed by atoms with Crippen LogP contribution in [-0.2, 0) is 19.6 Å². The Morgan fingerprint density at radius 1 is 1.44 bits per heavy atom. The maximum Gasteiger partial charge on any atom is 0.273 e. The van der Waals surface area contributed by atoms with Gasteiger partial charge in [-0.2, -0.15) is 5.10 Å². The standard InChI is InChI=1S/C17H27N7O/c1-3-24-13(2)14(11-20-24)10-19-17(25)16-12-23(22-21-16)9-7-15-6-4-5-8-18-15/h11-12,15,18H,3-10H2,1-2H3,(H,19,25)/t15-/m1/s1. The van der Waals surface area contributed by atoms with Gasteiger partial charge < -0.3 is 10.6 Å². The highest BCUT2D eigenvalue weighted by atomic mass is 16.2. The summed E-state index contributed by atoms with van der Waals surface area (Å²) >= 11 is 0. The Kier molecular flexibility index (Phi) is 5.80. The van der Waals surface area contributed by atoms with E-state index in [9.17, 15) is 4.79 Å². The van der Waals surface area contributed by atoms with Gasteiger partial charge in [0.2, 0.25) is 0 Å². The van der Waals surface area contributed by atoms with Crippen molar-refractivity contribution in [1.82, 2.24) is 35.4 Å². The molecule has 0 bridgehead atoms. The third-order valence-electron chi connectivity index (χ3n) is 4.83. The lowest BCUT2D eigenvalue weighted by molar-refractivity contribution is 0.0946. The van der Waals surface area contributed by atoms with E-state index in [4.69, 9.17) is 0 Å². The van der Waals surface area contributed by atoms with Gasteiger partial charge in [-0.15, -0.1) is 5.10 Å². The van der Waals surface area contributed by atoms with Crippen molar-refractivity contribution in [1.29, 1.82) is 0 Å². The van der Waals surface area contributed by atoms with Crippen LogP contribution in [-0.4, -0.2) is 43.3 Å². The van der Waals surface area contributed by atoms with Crippen LogP contribution in [0.4, 0.5) is 0 Å². The average Bonchev–Trinajstić information content (AvgIpc) is 3.25. The van der Waals surface area contributed by atoms with Crippen LogP contribution in [0.5, 0.6) is 0 Å². The summed E-state index contributed by atoms with van der Waals surface area (Å²) in [6, 6.07) is 0.549. The number of hydrogen-bond donors (Lipinski definition) is 2. The fourth-order valence-electron chi connectivity index (χ4n) is 3.21. The minimum atomic E-state index is -0.203. The molecule has 3 rings (SSSR count). The zero-order chi connectivity index (χ0) is 17.6. The number of piperidine rings is 1. The van der Waals surface area contributed by atoms with Crippen molar-refractivity contribution in [3.63, 3.8) is 0 Å². The van der Waals surface area contributed by atoms with E-state index in [1.54, 1.807) is 17.1 Å². The number of nitrogens with zero attached hydrogens (tertiary/aromatic N) is 5. The predicted octanol–water partition coefficient (Wildman–Crippen LogP) is 1.27. The molecular formula is C17H27N7O. The number of rotatable bonds is 7. The smallest absolute Gasteiger partial charge is 0.273 e. The van der Waals surface area contributed by atoms with Gasteiger partial charge in [0, 0.05) is 36.9 Å². The molecule has 1 amide bonds. The molecule has 1 saturated heterocycles. The second-order valence-corrected chi connectivity index (χ2v) is 6.56. The summed E-state index contributed by atoms with van der Waals surface area (Å²) in [6.45, 7) is 7.20. The van der Waals surface area contributed by atoms with E-state index in [1.165, 1.54) is 19.3 Å². The Labute approximate surface area is 148 Å². The van der Waals surface area contributed by atoms with Crippen molar-refractivity contribution in [2.24, 2.45) is 0 Å². The number of carbonyl (C=O) groups excluding carboxylic acids is 1. The maximum atomic E-state index is 12.3. The number of carbonyl (C=O) groups is 1. The van der Waals surface area contributed by atoms with E-state index in [1.807, 2.05) is 18.5 Å². The van der Waals surface area contributed by atoms with E-state index in [-0.39, 0.29) is 5.91 Å². The normalized spacial score (nSPS) is 17.6. The number of amides is 1. The van der Waals surface area contributed by atoms with Crippen molar-refractivity contribution in [3.8, 4) is 0 Å². The lowest BCUT2D eigenvalue weighted by Gasteiger charge is -2.23. The first kappa shape index (κ1) is 17.6. The van der Waals surface area contributed by atoms with Crippen LogP contribution in [0, 0.1) is 6.92 Å². The molecule has 1 atom stereocenters. The lowest BCUT2D eigenvalue weighted by Crippen LogP contribution is -2.34. The second kappa shape index (κ2) is 8.24. The monoisotopic (exact) mass is 345 g/mol. The molecule has 25 heavy (non-hydrogen) atoms. The quantitative estimate of drug-likeness (QED) is 0.789. The molecule has 1 aliphatic rings. The van der Waals surface area contributed by atoms with E-state index in [0.29, 0.717) is 18.3 Å². The first-order chi connectivity index (χ1) is 12.2. The molecule has 0 aromatic carbocycles. The SMILES string of the molecule is CCn1ncc(CNC(=O)c2cn(CC[C@H]3CCCCN3)nn2)c1C. The zero-order valence-electron chi connectivity index (χ0n) is 15.0. The van der Waals surface area contributed by atoms with Gasteiger partial charge in [0.05, 0.1) is 12.4 Å². The molecule has 1 aliphatic heterocycles. The Hall–Kier alpha value is -2.22. The molecule has 8 heteroatoms. The van der Waals surface area contributed by atoms with Crippen LogP contribution in [0.3, 0.4) is 0 Å². The van der Waals surface area contributed by atoms with Crippen LogP contribution < -0.4 is 10.6 Å². The van der Waals surface area contributed by atoms with E-state index in [0.717, 1.165) is 37.3 Å². The highest BCUT2D eigenvalue weighted by molar-refractivity contribution is 5.91. The number of aromatic nitrogens is 5. The highest BCUT2D eigenvalue weighted by Gasteiger charge is 2.15. The van der Waals surface area contributed by atoms with Crippen molar-refractivity contribution in [2.75, 3.05) is 6.54 Å². The van der Waals surface area contributed by atoms with E-state index < -0.39 is 0 Å². The first-order valence-electron chi connectivity index (χ1n) is 9.10. The van der Waals surface area contributed by atoms with Gasteiger partial charge in [0.15, 0.2) is 5.69 Å².